The normalized spacial score (nSPS) is 16.6. The largest absolute Gasteiger partial charge is 0.416 e. The Labute approximate surface area is 160 Å². The van der Waals surface area contributed by atoms with Crippen LogP contribution in [-0.2, 0) is 11.0 Å². The zero-order valence-electron chi connectivity index (χ0n) is 15.8. The summed E-state index contributed by atoms with van der Waals surface area (Å²) in [6.07, 6.45) is -3.81. The van der Waals surface area contributed by atoms with E-state index >= 15 is 0 Å². The number of carbonyl (C=O) groups is 2. The number of carbonyl (C=O) groups excluding carboxylic acids is 2. The summed E-state index contributed by atoms with van der Waals surface area (Å²) < 4.78 is 52.0. The molecule has 0 spiro atoms. The number of hydrogen-bond acceptors (Lipinski definition) is 3. The molecule has 1 aromatic carbocycles. The molecule has 1 atom stereocenters. The van der Waals surface area contributed by atoms with Crippen LogP contribution in [0.3, 0.4) is 0 Å². The molecule has 1 unspecified atom stereocenters. The number of halogens is 4. The Morgan fingerprint density at radius 3 is 2.39 bits per heavy atom. The van der Waals surface area contributed by atoms with Gasteiger partial charge in [-0.25, -0.2) is 9.18 Å². The molecule has 1 aliphatic heterocycles. The minimum Gasteiger partial charge on any atom is -0.353 e. The smallest absolute Gasteiger partial charge is 0.353 e. The molecule has 1 saturated heterocycles. The number of alkyl halides is 3. The summed E-state index contributed by atoms with van der Waals surface area (Å²) >= 11 is 0. The van der Waals surface area contributed by atoms with Gasteiger partial charge in [0.1, 0.15) is 5.82 Å². The van der Waals surface area contributed by atoms with E-state index in [-0.39, 0.29) is 31.6 Å². The highest BCUT2D eigenvalue weighted by molar-refractivity contribution is 5.89. The van der Waals surface area contributed by atoms with Crippen LogP contribution >= 0.6 is 0 Å². The van der Waals surface area contributed by atoms with Gasteiger partial charge in [-0.2, -0.15) is 13.2 Å². The highest BCUT2D eigenvalue weighted by Crippen LogP contribution is 2.31. The third-order valence-electron chi connectivity index (χ3n) is 4.58. The van der Waals surface area contributed by atoms with Gasteiger partial charge in [-0.05, 0) is 31.5 Å². The first-order valence-corrected chi connectivity index (χ1v) is 9.04. The number of urea groups is 1. The fourth-order valence-electron chi connectivity index (χ4n) is 2.73. The van der Waals surface area contributed by atoms with E-state index in [1.54, 1.807) is 0 Å². The molecule has 1 heterocycles. The third-order valence-corrected chi connectivity index (χ3v) is 4.58. The van der Waals surface area contributed by atoms with Gasteiger partial charge in [-0.1, -0.05) is 6.92 Å². The van der Waals surface area contributed by atoms with Crippen LogP contribution in [-0.4, -0.2) is 60.5 Å². The van der Waals surface area contributed by atoms with E-state index in [2.05, 4.69) is 10.6 Å². The fraction of sp³-hybridized carbons (Fsp3) is 0.556. The average Bonchev–Trinajstić information content (AvgIpc) is 2.62. The molecular weight excluding hydrogens is 380 g/mol. The van der Waals surface area contributed by atoms with Crippen LogP contribution in [0.1, 0.15) is 25.8 Å². The first kappa shape index (κ1) is 21.9. The summed E-state index contributed by atoms with van der Waals surface area (Å²) in [6.45, 7) is 5.52. The van der Waals surface area contributed by atoms with Gasteiger partial charge in [0.2, 0.25) is 5.91 Å². The molecule has 0 saturated carbocycles. The minimum atomic E-state index is -4.63. The van der Waals surface area contributed by atoms with Crippen molar-refractivity contribution in [3.05, 3.63) is 29.6 Å². The van der Waals surface area contributed by atoms with Gasteiger partial charge in [-0.3, -0.25) is 9.69 Å². The summed E-state index contributed by atoms with van der Waals surface area (Å²) in [5, 5.41) is 5.06. The molecule has 28 heavy (non-hydrogen) atoms. The van der Waals surface area contributed by atoms with Crippen LogP contribution in [0, 0.1) is 5.82 Å². The number of nitrogens with zero attached hydrogens (tertiary/aromatic N) is 2. The Kier molecular flexibility index (Phi) is 7.22. The molecule has 0 aliphatic carbocycles. The number of nitrogens with one attached hydrogen (secondary N) is 2. The number of rotatable bonds is 5. The van der Waals surface area contributed by atoms with Crippen LogP contribution in [0.4, 0.5) is 28.0 Å². The van der Waals surface area contributed by atoms with Crippen molar-refractivity contribution < 1.29 is 27.2 Å². The number of hydrogen-bond donors (Lipinski definition) is 2. The van der Waals surface area contributed by atoms with Crippen molar-refractivity contribution in [2.75, 3.05) is 38.0 Å². The van der Waals surface area contributed by atoms with E-state index in [1.165, 1.54) is 4.90 Å². The Morgan fingerprint density at radius 1 is 1.18 bits per heavy atom. The quantitative estimate of drug-likeness (QED) is 0.742. The lowest BCUT2D eigenvalue weighted by atomic mass is 10.2. The van der Waals surface area contributed by atoms with Crippen molar-refractivity contribution in [2.45, 2.75) is 32.5 Å². The Morgan fingerprint density at radius 2 is 1.82 bits per heavy atom. The van der Waals surface area contributed by atoms with Crippen molar-refractivity contribution in [2.24, 2.45) is 0 Å². The van der Waals surface area contributed by atoms with Crippen LogP contribution in [0.2, 0.25) is 0 Å². The van der Waals surface area contributed by atoms with Gasteiger partial charge >= 0.3 is 12.2 Å². The summed E-state index contributed by atoms with van der Waals surface area (Å²) in [5.41, 5.74) is -1.56. The second-order valence-corrected chi connectivity index (χ2v) is 6.76. The lowest BCUT2D eigenvalue weighted by molar-refractivity contribution is -0.137. The van der Waals surface area contributed by atoms with Gasteiger partial charge in [-0.15, -0.1) is 0 Å². The number of piperazine rings is 1. The number of benzene rings is 1. The third kappa shape index (κ3) is 6.08. The Balaban J connectivity index is 1.88. The first-order valence-electron chi connectivity index (χ1n) is 9.04. The molecule has 1 aliphatic rings. The molecule has 2 rings (SSSR count). The molecule has 156 valence electrons. The van der Waals surface area contributed by atoms with Crippen LogP contribution in [0.25, 0.3) is 0 Å². The summed E-state index contributed by atoms with van der Waals surface area (Å²) in [6, 6.07) is 1.27. The van der Waals surface area contributed by atoms with Crippen molar-refractivity contribution in [1.82, 2.24) is 15.1 Å². The molecule has 6 nitrogen and oxygen atoms in total. The lowest BCUT2D eigenvalue weighted by Crippen LogP contribution is -2.52. The molecule has 1 aromatic rings. The lowest BCUT2D eigenvalue weighted by Gasteiger charge is -2.34. The van der Waals surface area contributed by atoms with Gasteiger partial charge in [0.25, 0.3) is 0 Å². The zero-order chi connectivity index (χ0) is 20.9. The maximum absolute atomic E-state index is 13.8. The topological polar surface area (TPSA) is 64.7 Å². The van der Waals surface area contributed by atoms with E-state index < -0.39 is 29.3 Å². The molecule has 0 aromatic heterocycles. The number of amides is 3. The molecule has 3 amide bonds. The van der Waals surface area contributed by atoms with Gasteiger partial charge in [0.15, 0.2) is 0 Å². The van der Waals surface area contributed by atoms with E-state index in [0.717, 1.165) is 6.42 Å². The van der Waals surface area contributed by atoms with E-state index in [9.17, 15) is 27.2 Å². The van der Waals surface area contributed by atoms with Crippen molar-refractivity contribution in [3.63, 3.8) is 0 Å². The predicted molar refractivity (Wildman–Crippen MR) is 96.3 cm³/mol. The highest BCUT2D eigenvalue weighted by atomic mass is 19.4. The highest BCUT2D eigenvalue weighted by Gasteiger charge is 2.31. The van der Waals surface area contributed by atoms with Gasteiger partial charge < -0.3 is 15.5 Å². The Hall–Kier alpha value is -2.36. The number of anilines is 1. The molecule has 10 heteroatoms. The summed E-state index contributed by atoms with van der Waals surface area (Å²) in [4.78, 5) is 27.4. The molecule has 1 fully saturated rings. The maximum atomic E-state index is 13.8. The molecule has 2 N–H and O–H groups in total. The van der Waals surface area contributed by atoms with E-state index in [1.807, 2.05) is 18.7 Å². The van der Waals surface area contributed by atoms with Crippen LogP contribution in [0.15, 0.2) is 18.2 Å². The second kappa shape index (κ2) is 9.22. The van der Waals surface area contributed by atoms with Gasteiger partial charge in [0, 0.05) is 32.2 Å². The van der Waals surface area contributed by atoms with Crippen molar-refractivity contribution in [1.29, 1.82) is 0 Å². The van der Waals surface area contributed by atoms with Crippen LogP contribution < -0.4 is 10.6 Å². The molecule has 0 bridgehead atoms. The summed E-state index contributed by atoms with van der Waals surface area (Å²) in [5.74, 6) is -1.04. The predicted octanol–water partition coefficient (Wildman–Crippen LogP) is 2.91. The standard InChI is InChI=1S/C18H24F4N4O2/c1-3-12(2)23-16(27)11-25-6-8-26(9-7-25)17(28)24-15-10-13(18(20,21)22)4-5-14(15)19/h4-5,10,12H,3,6-9,11H2,1-2H3,(H,23,27)(H,24,28). The Bertz CT molecular complexity index is 703. The maximum Gasteiger partial charge on any atom is 0.416 e. The summed E-state index contributed by atoms with van der Waals surface area (Å²) in [7, 11) is 0. The SMILES string of the molecule is CCC(C)NC(=O)CN1CCN(C(=O)Nc2cc(C(F)(F)F)ccc2F)CC1. The first-order chi connectivity index (χ1) is 13.1. The monoisotopic (exact) mass is 404 g/mol. The van der Waals surface area contributed by atoms with Gasteiger partial charge in [0.05, 0.1) is 17.8 Å². The van der Waals surface area contributed by atoms with Crippen LogP contribution in [0.5, 0.6) is 0 Å². The molecular formula is C18H24F4N4O2. The van der Waals surface area contributed by atoms with Crippen molar-refractivity contribution >= 4 is 17.6 Å². The minimum absolute atomic E-state index is 0.0851. The zero-order valence-corrected chi connectivity index (χ0v) is 15.8. The van der Waals surface area contributed by atoms with Crippen molar-refractivity contribution in [3.8, 4) is 0 Å². The fourth-order valence-corrected chi connectivity index (χ4v) is 2.73. The second-order valence-electron chi connectivity index (χ2n) is 6.76. The van der Waals surface area contributed by atoms with E-state index in [4.69, 9.17) is 0 Å². The van der Waals surface area contributed by atoms with E-state index in [0.29, 0.717) is 31.3 Å². The molecule has 0 radical (unpaired) electrons. The average molecular weight is 404 g/mol.